The lowest BCUT2D eigenvalue weighted by atomic mass is 9.87. The number of hydrogen-bond donors (Lipinski definition) is 0. The highest BCUT2D eigenvalue weighted by molar-refractivity contribution is 6.86. The van der Waals surface area contributed by atoms with Gasteiger partial charge in [0.15, 0.2) is 0 Å². The van der Waals surface area contributed by atoms with Crippen molar-refractivity contribution < 1.29 is 0 Å². The van der Waals surface area contributed by atoms with Gasteiger partial charge < -0.3 is 0 Å². The third-order valence-electron chi connectivity index (χ3n) is 7.31. The molecule has 0 bridgehead atoms. The van der Waals surface area contributed by atoms with Crippen LogP contribution in [0, 0.1) is 0 Å². The van der Waals surface area contributed by atoms with Gasteiger partial charge in [0.2, 0.25) is 0 Å². The molecule has 0 aromatic heterocycles. The summed E-state index contributed by atoms with van der Waals surface area (Å²) in [5.74, 6) is 0. The Labute approximate surface area is 229 Å². The molecule has 0 N–H and O–H groups in total. The van der Waals surface area contributed by atoms with E-state index in [0.717, 1.165) is 15.6 Å². The Kier molecular flexibility index (Phi) is 8.40. The second-order valence-corrected chi connectivity index (χ2v) is 16.3. The Balaban J connectivity index is 1.73. The molecule has 4 aromatic rings. The van der Waals surface area contributed by atoms with Crippen molar-refractivity contribution in [1.29, 1.82) is 0 Å². The average Bonchev–Trinajstić information content (AvgIpc) is 2.88. The molecule has 0 heterocycles. The summed E-state index contributed by atoms with van der Waals surface area (Å²) in [4.78, 5) is 0. The highest BCUT2D eigenvalue weighted by Gasteiger charge is 2.28. The zero-order valence-corrected chi connectivity index (χ0v) is 25.6. The van der Waals surface area contributed by atoms with E-state index in [1.54, 1.807) is 0 Å². The molecule has 1 atom stereocenters. The van der Waals surface area contributed by atoms with Gasteiger partial charge in [0.25, 0.3) is 0 Å². The molecule has 0 aliphatic carbocycles. The van der Waals surface area contributed by atoms with Crippen molar-refractivity contribution in [1.82, 2.24) is 0 Å². The predicted octanol–water partition coefficient (Wildman–Crippen LogP) is 6.76. The van der Waals surface area contributed by atoms with Crippen molar-refractivity contribution in [2.24, 2.45) is 0 Å². The first-order valence-corrected chi connectivity index (χ1v) is 16.3. The Bertz CT molecular complexity index is 1220. The minimum absolute atomic E-state index is 0.163. The fourth-order valence-corrected chi connectivity index (χ4v) is 9.39. The van der Waals surface area contributed by atoms with E-state index in [4.69, 9.17) is 0 Å². The number of benzene rings is 4. The fraction of sp³-hybridized carbons (Fsp3) is 0.314. The Hall–Kier alpha value is -2.69. The summed E-state index contributed by atoms with van der Waals surface area (Å²) in [7, 11) is -0.274. The van der Waals surface area contributed by atoms with Gasteiger partial charge in [-0.2, -0.15) is 0 Å². The van der Waals surface area contributed by atoms with Crippen molar-refractivity contribution in [2.45, 2.75) is 70.9 Å². The van der Waals surface area contributed by atoms with E-state index in [0.29, 0.717) is 5.54 Å². The second kappa shape index (κ2) is 11.4. The molecule has 0 amide bonds. The van der Waals surface area contributed by atoms with Gasteiger partial charge in [0.1, 0.15) is 8.80 Å². The lowest BCUT2D eigenvalue weighted by Gasteiger charge is -2.28. The summed E-state index contributed by atoms with van der Waals surface area (Å²) in [5.41, 5.74) is 6.53. The Morgan fingerprint density at radius 2 is 1.05 bits per heavy atom. The van der Waals surface area contributed by atoms with Crippen LogP contribution in [0.15, 0.2) is 103 Å². The Morgan fingerprint density at radius 3 is 1.54 bits per heavy atom. The molecule has 0 aliphatic rings. The molecule has 4 aromatic carbocycles. The van der Waals surface area contributed by atoms with Crippen LogP contribution in [0.4, 0.5) is 0 Å². The first-order chi connectivity index (χ1) is 17.5. The molecule has 189 valence electrons. The second-order valence-electron chi connectivity index (χ2n) is 12.2. The van der Waals surface area contributed by atoms with Crippen molar-refractivity contribution in [3.63, 3.8) is 0 Å². The molecule has 3 radical (unpaired) electrons. The lowest BCUT2D eigenvalue weighted by molar-refractivity contribution is 0.590. The highest BCUT2D eigenvalue weighted by Crippen LogP contribution is 2.24. The summed E-state index contributed by atoms with van der Waals surface area (Å²) >= 11 is 0. The van der Waals surface area contributed by atoms with Crippen LogP contribution in [0.5, 0.6) is 0 Å². The van der Waals surface area contributed by atoms with Gasteiger partial charge in [-0.15, -0.1) is 0 Å². The Morgan fingerprint density at radius 1 is 0.595 bits per heavy atom. The summed E-state index contributed by atoms with van der Waals surface area (Å²) in [5, 5.41) is 4.50. The van der Waals surface area contributed by atoms with Crippen molar-refractivity contribution in [2.75, 3.05) is 0 Å². The number of hydrogen-bond acceptors (Lipinski definition) is 0. The van der Waals surface area contributed by atoms with Crippen LogP contribution in [-0.2, 0) is 16.9 Å². The van der Waals surface area contributed by atoms with Crippen LogP contribution in [-0.4, -0.2) is 18.3 Å². The lowest BCUT2D eigenvalue weighted by Crippen LogP contribution is -2.48. The van der Waals surface area contributed by atoms with E-state index < -0.39 is 8.80 Å². The minimum atomic E-state index is -1.05. The largest absolute Gasteiger partial charge is 0.128 e. The molecule has 0 fully saturated rings. The van der Waals surface area contributed by atoms with Crippen molar-refractivity contribution in [3.8, 4) is 0 Å². The average molecular weight is 518 g/mol. The van der Waals surface area contributed by atoms with Gasteiger partial charge >= 0.3 is 0 Å². The first kappa shape index (κ1) is 27.4. The van der Waals surface area contributed by atoms with E-state index in [-0.39, 0.29) is 10.8 Å². The maximum absolute atomic E-state index is 2.47. The van der Waals surface area contributed by atoms with Crippen molar-refractivity contribution in [3.05, 3.63) is 125 Å². The third kappa shape index (κ3) is 6.80. The smallest absolute Gasteiger partial charge is 0.0633 e. The predicted molar refractivity (Wildman–Crippen MR) is 166 cm³/mol. The topological polar surface area (TPSA) is 0 Å². The zero-order valence-electron chi connectivity index (χ0n) is 23.6. The zero-order chi connectivity index (χ0) is 26.6. The molecule has 37 heavy (non-hydrogen) atoms. The summed E-state index contributed by atoms with van der Waals surface area (Å²) in [6.45, 7) is 16.3. The maximum atomic E-state index is 2.47. The van der Waals surface area contributed by atoms with E-state index in [1.807, 2.05) is 0 Å². The van der Waals surface area contributed by atoms with Gasteiger partial charge in [0.05, 0.1) is 9.52 Å². The van der Waals surface area contributed by atoms with Crippen LogP contribution in [0.25, 0.3) is 0 Å². The van der Waals surface area contributed by atoms with Crippen LogP contribution >= 0.6 is 0 Å². The first-order valence-electron chi connectivity index (χ1n) is 13.5. The molecular formula is C35H41Si2. The van der Waals surface area contributed by atoms with Gasteiger partial charge in [-0.05, 0) is 39.1 Å². The molecule has 4 rings (SSSR count). The summed E-state index contributed by atoms with van der Waals surface area (Å²) in [6, 6.07) is 40.3. The minimum Gasteiger partial charge on any atom is -0.0633 e. The van der Waals surface area contributed by atoms with E-state index in [1.165, 1.54) is 37.8 Å². The summed E-state index contributed by atoms with van der Waals surface area (Å²) < 4.78 is 0. The van der Waals surface area contributed by atoms with Gasteiger partial charge in [0, 0.05) is 0 Å². The molecule has 0 nitrogen and oxygen atoms in total. The maximum Gasteiger partial charge on any atom is 0.128 e. The van der Waals surface area contributed by atoms with Gasteiger partial charge in [-0.1, -0.05) is 173 Å². The van der Waals surface area contributed by atoms with E-state index in [9.17, 15) is 0 Å². The molecule has 0 saturated carbocycles. The van der Waals surface area contributed by atoms with Crippen LogP contribution in [0.3, 0.4) is 0 Å². The molecule has 0 spiro atoms. The van der Waals surface area contributed by atoms with Crippen LogP contribution < -0.4 is 15.6 Å². The fourth-order valence-electron chi connectivity index (χ4n) is 4.95. The van der Waals surface area contributed by atoms with E-state index >= 15 is 0 Å². The molecule has 0 aliphatic heterocycles. The quantitative estimate of drug-likeness (QED) is 0.238. The van der Waals surface area contributed by atoms with E-state index in [2.05, 4.69) is 152 Å². The van der Waals surface area contributed by atoms with Crippen LogP contribution in [0.1, 0.15) is 76.3 Å². The highest BCUT2D eigenvalue weighted by atomic mass is 28.3. The third-order valence-corrected chi connectivity index (χ3v) is 11.8. The van der Waals surface area contributed by atoms with Crippen molar-refractivity contribution >= 4 is 33.9 Å². The van der Waals surface area contributed by atoms with Gasteiger partial charge in [-0.3, -0.25) is 0 Å². The molecule has 0 saturated heterocycles. The summed E-state index contributed by atoms with van der Waals surface area (Å²) in [6.07, 6.45) is 0. The molecule has 2 heteroatoms. The SMILES string of the molecule is CC(c1ccccc1[Si]Cc1ccccc1)[Si](c1ccc(C(C)(C)C)cc1)c1ccc(C(C)(C)C)cc1. The van der Waals surface area contributed by atoms with Crippen LogP contribution in [0.2, 0.25) is 0 Å². The monoisotopic (exact) mass is 517 g/mol. The van der Waals surface area contributed by atoms with Gasteiger partial charge in [-0.25, -0.2) is 0 Å². The normalized spacial score (nSPS) is 13.1. The number of rotatable bonds is 7. The standard InChI is InChI=1S/C35H41Si2/c1-26(32-15-11-12-16-33(32)36-25-27-13-9-8-10-14-27)37(30-21-17-28(18-22-30)34(2,3)4)31-23-19-29(20-24-31)35(5,6)7/h8-24,26H,25H2,1-7H3. The molecule has 1 unspecified atom stereocenters. The molecular weight excluding hydrogens is 477 g/mol.